The van der Waals surface area contributed by atoms with Crippen LogP contribution in [0.25, 0.3) is 0 Å². The minimum absolute atomic E-state index is 0.678. The molecule has 0 amide bonds. The van der Waals surface area contributed by atoms with Crippen LogP contribution in [0.2, 0.25) is 0 Å². The van der Waals surface area contributed by atoms with E-state index in [2.05, 4.69) is 46.3 Å². The van der Waals surface area contributed by atoms with Crippen LogP contribution < -0.4 is 10.5 Å². The second-order valence-corrected chi connectivity index (χ2v) is 6.05. The van der Waals surface area contributed by atoms with E-state index in [1.807, 2.05) is 12.1 Å². The largest absolute Gasteiger partial charge is 0.497 e. The van der Waals surface area contributed by atoms with E-state index in [-0.39, 0.29) is 0 Å². The van der Waals surface area contributed by atoms with Crippen LogP contribution in [0.3, 0.4) is 0 Å². The minimum atomic E-state index is 0.678. The summed E-state index contributed by atoms with van der Waals surface area (Å²) in [6, 6.07) is 14.5. The topological polar surface area (TPSA) is 35.2 Å². The lowest BCUT2D eigenvalue weighted by Gasteiger charge is -2.07. The Morgan fingerprint density at radius 3 is 2.47 bits per heavy atom. The Morgan fingerprint density at radius 1 is 1.16 bits per heavy atom. The van der Waals surface area contributed by atoms with Crippen molar-refractivity contribution in [3.8, 4) is 5.75 Å². The molecule has 2 aromatic rings. The molecule has 0 aliphatic rings. The molecule has 2 aromatic carbocycles. The van der Waals surface area contributed by atoms with Crippen LogP contribution in [-0.2, 0) is 6.42 Å². The average Bonchev–Trinajstić information content (AvgIpc) is 2.43. The Bertz CT molecular complexity index is 542. The fourth-order valence-electron chi connectivity index (χ4n) is 1.72. The van der Waals surface area contributed by atoms with Gasteiger partial charge >= 0.3 is 0 Å². The predicted octanol–water partition coefficient (Wildman–Crippen LogP) is 4.11. The highest BCUT2D eigenvalue weighted by Gasteiger charge is 2.04. The molecule has 0 aliphatic heterocycles. The molecule has 0 aromatic heterocycles. The van der Waals surface area contributed by atoms with Crippen molar-refractivity contribution in [2.75, 3.05) is 13.7 Å². The van der Waals surface area contributed by atoms with Gasteiger partial charge in [-0.25, -0.2) is 0 Å². The van der Waals surface area contributed by atoms with Gasteiger partial charge in [-0.15, -0.1) is 0 Å². The Morgan fingerprint density at radius 2 is 1.89 bits per heavy atom. The lowest BCUT2D eigenvalue weighted by Crippen LogP contribution is -2.02. The quantitative estimate of drug-likeness (QED) is 0.891. The summed E-state index contributed by atoms with van der Waals surface area (Å²) in [7, 11) is 1.68. The molecule has 0 heterocycles. The standard InChI is InChI=1S/C15H16BrNOS/c1-18-12-3-5-13(6-4-12)19-15-7-2-11(8-9-17)10-14(15)16/h2-7,10H,8-9,17H2,1H3. The van der Waals surface area contributed by atoms with Crippen LogP contribution in [0.5, 0.6) is 5.75 Å². The first-order valence-electron chi connectivity index (χ1n) is 6.03. The summed E-state index contributed by atoms with van der Waals surface area (Å²) < 4.78 is 6.27. The van der Waals surface area contributed by atoms with Crippen molar-refractivity contribution >= 4 is 27.7 Å². The van der Waals surface area contributed by atoms with Crippen LogP contribution in [0.1, 0.15) is 5.56 Å². The van der Waals surface area contributed by atoms with E-state index in [9.17, 15) is 0 Å². The van der Waals surface area contributed by atoms with Gasteiger partial charge in [0.25, 0.3) is 0 Å². The fraction of sp³-hybridized carbons (Fsp3) is 0.200. The van der Waals surface area contributed by atoms with Crippen LogP contribution in [-0.4, -0.2) is 13.7 Å². The van der Waals surface area contributed by atoms with Gasteiger partial charge in [0.05, 0.1) is 7.11 Å². The van der Waals surface area contributed by atoms with Gasteiger partial charge in [-0.2, -0.15) is 0 Å². The molecule has 2 N–H and O–H groups in total. The molecule has 0 bridgehead atoms. The Hall–Kier alpha value is -0.970. The Kier molecular flexibility index (Phi) is 5.31. The number of hydrogen-bond acceptors (Lipinski definition) is 3. The molecule has 0 fully saturated rings. The van der Waals surface area contributed by atoms with Crippen LogP contribution in [0, 0.1) is 0 Å². The Balaban J connectivity index is 2.13. The van der Waals surface area contributed by atoms with Gasteiger partial charge < -0.3 is 10.5 Å². The van der Waals surface area contributed by atoms with Crippen molar-refractivity contribution in [2.45, 2.75) is 16.2 Å². The maximum absolute atomic E-state index is 5.57. The van der Waals surface area contributed by atoms with Crippen molar-refractivity contribution in [1.29, 1.82) is 0 Å². The second kappa shape index (κ2) is 6.98. The molecule has 0 spiro atoms. The smallest absolute Gasteiger partial charge is 0.118 e. The summed E-state index contributed by atoms with van der Waals surface area (Å²) >= 11 is 5.34. The third kappa shape index (κ3) is 4.00. The first-order valence-corrected chi connectivity index (χ1v) is 7.64. The van der Waals surface area contributed by atoms with Crippen LogP contribution in [0.15, 0.2) is 56.7 Å². The minimum Gasteiger partial charge on any atom is -0.497 e. The zero-order valence-corrected chi connectivity index (χ0v) is 13.1. The van der Waals surface area contributed by atoms with Crippen molar-refractivity contribution < 1.29 is 4.74 Å². The average molecular weight is 338 g/mol. The molecule has 0 atom stereocenters. The van der Waals surface area contributed by atoms with Gasteiger partial charge in [-0.1, -0.05) is 17.8 Å². The van der Waals surface area contributed by atoms with E-state index >= 15 is 0 Å². The maximum atomic E-state index is 5.57. The van der Waals surface area contributed by atoms with Crippen molar-refractivity contribution in [3.05, 3.63) is 52.5 Å². The molecule has 2 rings (SSSR count). The lowest BCUT2D eigenvalue weighted by atomic mass is 10.2. The molecule has 0 saturated heterocycles. The molecular weight excluding hydrogens is 322 g/mol. The SMILES string of the molecule is COc1ccc(Sc2ccc(CCN)cc2Br)cc1. The third-order valence-corrected chi connectivity index (χ3v) is 4.72. The summed E-state index contributed by atoms with van der Waals surface area (Å²) in [6.07, 6.45) is 0.909. The first kappa shape index (κ1) is 14.4. The molecule has 0 radical (unpaired) electrons. The molecule has 100 valence electrons. The highest BCUT2D eigenvalue weighted by atomic mass is 79.9. The molecule has 19 heavy (non-hydrogen) atoms. The fourth-order valence-corrected chi connectivity index (χ4v) is 3.21. The highest BCUT2D eigenvalue weighted by molar-refractivity contribution is 9.10. The number of hydrogen-bond donors (Lipinski definition) is 1. The van der Waals surface area contributed by atoms with Crippen LogP contribution in [0.4, 0.5) is 0 Å². The van der Waals surface area contributed by atoms with E-state index < -0.39 is 0 Å². The number of halogens is 1. The normalized spacial score (nSPS) is 10.5. The van der Waals surface area contributed by atoms with E-state index in [4.69, 9.17) is 10.5 Å². The summed E-state index contributed by atoms with van der Waals surface area (Å²) in [5, 5.41) is 0. The monoisotopic (exact) mass is 337 g/mol. The zero-order chi connectivity index (χ0) is 13.7. The molecule has 0 unspecified atom stereocenters. The van der Waals surface area contributed by atoms with Gasteiger partial charge in [0, 0.05) is 14.3 Å². The predicted molar refractivity (Wildman–Crippen MR) is 84.0 cm³/mol. The van der Waals surface area contributed by atoms with E-state index in [0.717, 1.165) is 16.6 Å². The molecule has 2 nitrogen and oxygen atoms in total. The van der Waals surface area contributed by atoms with Gasteiger partial charge in [-0.3, -0.25) is 0 Å². The van der Waals surface area contributed by atoms with Crippen molar-refractivity contribution in [2.24, 2.45) is 5.73 Å². The Labute approximate surface area is 126 Å². The zero-order valence-electron chi connectivity index (χ0n) is 10.7. The van der Waals surface area contributed by atoms with Gasteiger partial charge in [0.2, 0.25) is 0 Å². The van der Waals surface area contributed by atoms with Crippen LogP contribution >= 0.6 is 27.7 Å². The molecule has 4 heteroatoms. The molecule has 0 aliphatic carbocycles. The maximum Gasteiger partial charge on any atom is 0.118 e. The molecular formula is C15H16BrNOS. The second-order valence-electron chi connectivity index (χ2n) is 4.08. The van der Waals surface area contributed by atoms with Crippen molar-refractivity contribution in [3.63, 3.8) is 0 Å². The number of benzene rings is 2. The van der Waals surface area contributed by atoms with E-state index in [0.29, 0.717) is 6.54 Å². The van der Waals surface area contributed by atoms with Crippen molar-refractivity contribution in [1.82, 2.24) is 0 Å². The summed E-state index contributed by atoms with van der Waals surface area (Å²) in [5.41, 5.74) is 6.83. The summed E-state index contributed by atoms with van der Waals surface area (Å²) in [5.74, 6) is 0.877. The highest BCUT2D eigenvalue weighted by Crippen LogP contribution is 2.34. The van der Waals surface area contributed by atoms with E-state index in [1.54, 1.807) is 18.9 Å². The first-order chi connectivity index (χ1) is 9.22. The number of methoxy groups -OCH3 is 1. The number of rotatable bonds is 5. The van der Waals surface area contributed by atoms with Gasteiger partial charge in [0.15, 0.2) is 0 Å². The van der Waals surface area contributed by atoms with Gasteiger partial charge in [0.1, 0.15) is 5.75 Å². The third-order valence-electron chi connectivity index (χ3n) is 2.72. The van der Waals surface area contributed by atoms with E-state index in [1.165, 1.54) is 15.4 Å². The molecule has 0 saturated carbocycles. The lowest BCUT2D eigenvalue weighted by molar-refractivity contribution is 0.414. The summed E-state index contributed by atoms with van der Waals surface area (Å²) in [4.78, 5) is 2.39. The summed E-state index contributed by atoms with van der Waals surface area (Å²) in [6.45, 7) is 0.678. The van der Waals surface area contributed by atoms with Gasteiger partial charge in [-0.05, 0) is 70.9 Å². The number of ether oxygens (including phenoxy) is 1. The number of nitrogens with two attached hydrogens (primary N) is 1.